The standard InChI is InChI=1S/C49H95N2O6P/c1-6-8-10-12-14-16-18-20-22-23-24-25-26-27-29-30-32-34-36-38-40-42-48(52)47(46-57-58(54,55)56-45-44-51(3,4)5)50-49(53)43-41-39-37-35-33-31-28-21-19-17-15-13-11-9-7-2/h21,28,32,34,40,42,47-48,52H,6-20,22-27,29-31,33,35-39,41,43-46H2,1-5H3,(H-,50,53,54,55)/b28-21-,34-32+,42-40+. The van der Waals surface area contributed by atoms with Crippen LogP contribution in [0.15, 0.2) is 36.5 Å². The summed E-state index contributed by atoms with van der Waals surface area (Å²) in [6, 6.07) is -0.906. The van der Waals surface area contributed by atoms with Crippen molar-refractivity contribution >= 4 is 13.7 Å². The first-order valence-electron chi connectivity index (χ1n) is 24.4. The molecule has 0 fully saturated rings. The molecule has 0 aromatic heterocycles. The summed E-state index contributed by atoms with van der Waals surface area (Å²) < 4.78 is 23.2. The van der Waals surface area contributed by atoms with Crippen LogP contribution in [-0.4, -0.2) is 68.5 Å². The number of hydrogen-bond donors (Lipinski definition) is 2. The van der Waals surface area contributed by atoms with Gasteiger partial charge in [0.1, 0.15) is 13.2 Å². The highest BCUT2D eigenvalue weighted by Crippen LogP contribution is 2.38. The number of phosphoric ester groups is 1. The van der Waals surface area contributed by atoms with Crippen molar-refractivity contribution in [2.75, 3.05) is 40.9 Å². The highest BCUT2D eigenvalue weighted by Gasteiger charge is 2.23. The Morgan fingerprint density at radius 3 is 1.40 bits per heavy atom. The molecule has 3 atom stereocenters. The van der Waals surface area contributed by atoms with Crippen LogP contribution in [0.1, 0.15) is 219 Å². The molecule has 0 aromatic carbocycles. The molecule has 3 unspecified atom stereocenters. The van der Waals surface area contributed by atoms with E-state index in [9.17, 15) is 19.4 Å². The minimum atomic E-state index is -4.60. The van der Waals surface area contributed by atoms with Crippen molar-refractivity contribution in [3.63, 3.8) is 0 Å². The number of nitrogens with one attached hydrogen (secondary N) is 1. The van der Waals surface area contributed by atoms with Crippen molar-refractivity contribution in [1.82, 2.24) is 5.32 Å². The Morgan fingerprint density at radius 1 is 0.586 bits per heavy atom. The van der Waals surface area contributed by atoms with Crippen LogP contribution in [0.5, 0.6) is 0 Å². The molecule has 0 saturated heterocycles. The molecule has 0 aliphatic carbocycles. The third-order valence-electron chi connectivity index (χ3n) is 10.8. The first-order valence-corrected chi connectivity index (χ1v) is 25.8. The Kier molecular flexibility index (Phi) is 40.2. The van der Waals surface area contributed by atoms with Crippen molar-refractivity contribution in [3.05, 3.63) is 36.5 Å². The summed E-state index contributed by atoms with van der Waals surface area (Å²) in [5.41, 5.74) is 0. The quantitative estimate of drug-likeness (QED) is 0.0274. The largest absolute Gasteiger partial charge is 0.756 e. The van der Waals surface area contributed by atoms with E-state index in [1.54, 1.807) is 6.08 Å². The van der Waals surface area contributed by atoms with Gasteiger partial charge in [-0.25, -0.2) is 0 Å². The molecule has 2 N–H and O–H groups in total. The minimum absolute atomic E-state index is 0.00774. The van der Waals surface area contributed by atoms with Crippen molar-refractivity contribution in [2.24, 2.45) is 0 Å². The van der Waals surface area contributed by atoms with E-state index in [-0.39, 0.29) is 12.5 Å². The average molecular weight is 839 g/mol. The van der Waals surface area contributed by atoms with Gasteiger partial charge in [-0.3, -0.25) is 9.36 Å². The molecule has 0 radical (unpaired) electrons. The molecular formula is C49H95N2O6P. The summed E-state index contributed by atoms with van der Waals surface area (Å²) in [4.78, 5) is 25.3. The van der Waals surface area contributed by atoms with E-state index in [2.05, 4.69) is 43.5 Å². The summed E-state index contributed by atoms with van der Waals surface area (Å²) in [6.07, 6.45) is 50.6. The van der Waals surface area contributed by atoms with E-state index in [0.717, 1.165) is 51.4 Å². The number of carbonyl (C=O) groups is 1. The number of aliphatic hydroxyl groups excluding tert-OH is 1. The van der Waals surface area contributed by atoms with Gasteiger partial charge in [-0.05, 0) is 57.8 Å². The second-order valence-corrected chi connectivity index (χ2v) is 19.2. The van der Waals surface area contributed by atoms with Gasteiger partial charge in [-0.15, -0.1) is 0 Å². The number of allylic oxidation sites excluding steroid dienone is 5. The second kappa shape index (κ2) is 41.1. The number of hydrogen-bond acceptors (Lipinski definition) is 6. The smallest absolute Gasteiger partial charge is 0.268 e. The molecule has 0 saturated carbocycles. The summed E-state index contributed by atoms with van der Waals surface area (Å²) in [5, 5.41) is 13.8. The van der Waals surface area contributed by atoms with Gasteiger partial charge in [0.2, 0.25) is 5.91 Å². The highest BCUT2D eigenvalue weighted by atomic mass is 31.2. The zero-order valence-corrected chi connectivity index (χ0v) is 39.6. The van der Waals surface area contributed by atoms with Crippen molar-refractivity contribution in [3.8, 4) is 0 Å². The number of rotatable bonds is 44. The van der Waals surface area contributed by atoms with Crippen LogP contribution in [-0.2, 0) is 18.4 Å². The summed E-state index contributed by atoms with van der Waals surface area (Å²) in [5.74, 6) is -0.216. The van der Waals surface area contributed by atoms with E-state index < -0.39 is 26.6 Å². The molecule has 0 spiro atoms. The maximum absolute atomic E-state index is 12.9. The Labute approximate surface area is 359 Å². The maximum Gasteiger partial charge on any atom is 0.268 e. The van der Waals surface area contributed by atoms with E-state index >= 15 is 0 Å². The van der Waals surface area contributed by atoms with Gasteiger partial charge in [0.15, 0.2) is 0 Å². The number of quaternary nitrogens is 1. The number of amides is 1. The van der Waals surface area contributed by atoms with E-state index in [4.69, 9.17) is 9.05 Å². The van der Waals surface area contributed by atoms with Crippen LogP contribution in [0.3, 0.4) is 0 Å². The van der Waals surface area contributed by atoms with Crippen molar-refractivity contribution in [2.45, 2.75) is 231 Å². The molecule has 8 nitrogen and oxygen atoms in total. The first-order chi connectivity index (χ1) is 28.0. The van der Waals surface area contributed by atoms with Crippen LogP contribution in [0, 0.1) is 0 Å². The molecule has 0 rings (SSSR count). The minimum Gasteiger partial charge on any atom is -0.756 e. The fourth-order valence-corrected chi connectivity index (χ4v) is 7.65. The molecule has 0 aliphatic rings. The number of likely N-dealkylation sites (N-methyl/N-ethyl adjacent to an activating group) is 1. The highest BCUT2D eigenvalue weighted by molar-refractivity contribution is 7.45. The van der Waals surface area contributed by atoms with Gasteiger partial charge >= 0.3 is 0 Å². The molecule has 0 aliphatic heterocycles. The summed E-state index contributed by atoms with van der Waals surface area (Å²) in [7, 11) is 1.24. The molecule has 58 heavy (non-hydrogen) atoms. The van der Waals surface area contributed by atoms with Crippen LogP contribution in [0.2, 0.25) is 0 Å². The van der Waals surface area contributed by atoms with E-state index in [1.807, 2.05) is 27.2 Å². The van der Waals surface area contributed by atoms with Gasteiger partial charge in [0.05, 0.1) is 39.9 Å². The van der Waals surface area contributed by atoms with Gasteiger partial charge in [-0.2, -0.15) is 0 Å². The topological polar surface area (TPSA) is 108 Å². The lowest BCUT2D eigenvalue weighted by Gasteiger charge is -2.29. The second-order valence-electron chi connectivity index (χ2n) is 17.8. The third-order valence-corrected chi connectivity index (χ3v) is 11.8. The lowest BCUT2D eigenvalue weighted by atomic mass is 10.0. The van der Waals surface area contributed by atoms with Crippen molar-refractivity contribution < 1.29 is 32.9 Å². The fraction of sp³-hybridized carbons (Fsp3) is 0.857. The fourth-order valence-electron chi connectivity index (χ4n) is 6.93. The average Bonchev–Trinajstić information content (AvgIpc) is 3.17. The normalized spacial score (nSPS) is 14.5. The molecule has 0 heterocycles. The number of unbranched alkanes of at least 4 members (excludes halogenated alkanes) is 27. The van der Waals surface area contributed by atoms with Crippen LogP contribution >= 0.6 is 7.82 Å². The summed E-state index contributed by atoms with van der Waals surface area (Å²) in [6.45, 7) is 4.62. The molecule has 0 bridgehead atoms. The molecule has 342 valence electrons. The zero-order valence-electron chi connectivity index (χ0n) is 38.8. The Balaban J connectivity index is 4.40. The number of aliphatic hydroxyl groups is 1. The Morgan fingerprint density at radius 2 is 0.966 bits per heavy atom. The van der Waals surface area contributed by atoms with Crippen LogP contribution in [0.4, 0.5) is 0 Å². The van der Waals surface area contributed by atoms with Crippen molar-refractivity contribution in [1.29, 1.82) is 0 Å². The van der Waals surface area contributed by atoms with Gasteiger partial charge < -0.3 is 28.8 Å². The maximum atomic E-state index is 12.9. The van der Waals surface area contributed by atoms with Gasteiger partial charge in [-0.1, -0.05) is 192 Å². The monoisotopic (exact) mass is 839 g/mol. The lowest BCUT2D eigenvalue weighted by molar-refractivity contribution is -0.870. The van der Waals surface area contributed by atoms with E-state index in [1.165, 1.54) is 148 Å². The lowest BCUT2D eigenvalue weighted by Crippen LogP contribution is -2.45. The number of carbonyl (C=O) groups excluding carboxylic acids is 1. The van der Waals surface area contributed by atoms with E-state index in [0.29, 0.717) is 17.4 Å². The third kappa shape index (κ3) is 42.8. The van der Waals surface area contributed by atoms with Crippen LogP contribution < -0.4 is 10.2 Å². The molecule has 9 heteroatoms. The number of nitrogens with zero attached hydrogens (tertiary/aromatic N) is 1. The molecule has 1 amide bonds. The zero-order chi connectivity index (χ0) is 42.8. The summed E-state index contributed by atoms with van der Waals surface area (Å²) >= 11 is 0. The predicted octanol–water partition coefficient (Wildman–Crippen LogP) is 13.2. The van der Waals surface area contributed by atoms with Gasteiger partial charge in [0.25, 0.3) is 7.82 Å². The number of phosphoric acid groups is 1. The molecular weight excluding hydrogens is 744 g/mol. The Bertz CT molecular complexity index is 1040. The van der Waals surface area contributed by atoms with Crippen LogP contribution in [0.25, 0.3) is 0 Å². The first kappa shape index (κ1) is 56.7. The predicted molar refractivity (Wildman–Crippen MR) is 247 cm³/mol. The SMILES string of the molecule is CCCCCCCC/C=C\CCCCCCCC(=O)NC(COP(=O)([O-])OCC[N+](C)(C)C)C(O)/C=C/CC/C=C/CCCCCCCCCCCCCCCCC. The molecule has 0 aromatic rings. The Hall–Kier alpha value is -1.28. The van der Waals surface area contributed by atoms with Gasteiger partial charge in [0, 0.05) is 6.42 Å².